The van der Waals surface area contributed by atoms with Gasteiger partial charge in [-0.3, -0.25) is 4.79 Å². The van der Waals surface area contributed by atoms with Crippen LogP contribution in [0.1, 0.15) is 79.9 Å². The largest absolute Gasteiger partial charge is 0.465 e. The quantitative estimate of drug-likeness (QED) is 0.287. The number of nitrogens with one attached hydrogen (secondary N) is 2. The second kappa shape index (κ2) is 13.9. The van der Waals surface area contributed by atoms with Gasteiger partial charge in [-0.2, -0.15) is 0 Å². The maximum absolute atomic E-state index is 13.4. The number of hydrogen-bond donors (Lipinski definition) is 3. The minimum atomic E-state index is -0.888. The molecule has 0 atom stereocenters. The molecule has 1 aromatic carbocycles. The highest BCUT2D eigenvalue weighted by molar-refractivity contribution is 5.94. The number of imidazole rings is 2. The van der Waals surface area contributed by atoms with E-state index in [9.17, 15) is 14.7 Å². The van der Waals surface area contributed by atoms with Gasteiger partial charge in [0.15, 0.2) is 0 Å². The van der Waals surface area contributed by atoms with E-state index in [-0.39, 0.29) is 11.9 Å². The molecule has 1 saturated carbocycles. The predicted molar refractivity (Wildman–Crippen MR) is 149 cm³/mol. The molecule has 0 radical (unpaired) electrons. The van der Waals surface area contributed by atoms with Crippen molar-refractivity contribution in [1.82, 2.24) is 34.6 Å². The topological polar surface area (TPSA) is 121 Å². The van der Waals surface area contributed by atoms with E-state index in [4.69, 9.17) is 0 Å². The maximum Gasteiger partial charge on any atom is 0.407 e. The van der Waals surface area contributed by atoms with Gasteiger partial charge in [0.05, 0.1) is 13.1 Å². The molecular weight excluding hydrogens is 494 g/mol. The maximum atomic E-state index is 13.4. The van der Waals surface area contributed by atoms with E-state index in [0.717, 1.165) is 57.2 Å². The molecule has 210 valence electrons. The summed E-state index contributed by atoms with van der Waals surface area (Å²) in [6.45, 7) is 7.60. The normalized spacial score (nSPS) is 17.3. The Labute approximate surface area is 230 Å². The average molecular weight is 536 g/mol. The van der Waals surface area contributed by atoms with Crippen LogP contribution in [0.4, 0.5) is 4.79 Å². The predicted octanol–water partition coefficient (Wildman–Crippen LogP) is 4.89. The van der Waals surface area contributed by atoms with Crippen molar-refractivity contribution in [2.24, 2.45) is 0 Å². The number of H-pyrrole nitrogens is 2. The third kappa shape index (κ3) is 7.69. The lowest BCUT2D eigenvalue weighted by Gasteiger charge is -2.40. The standard InChI is InChI=1S/C29H41N7O3/c1-3-17-34(18-4-2)24-9-11-25(12-10-24)36(29(38)39)19-22-5-7-23(8-6-22)28(37)35(20-26-30-13-14-31-26)21-27-32-15-16-33-27/h5-8,13-16,24-25H,3-4,9-12,17-21H2,1-2H3,(H,30,31)(H,32,33)(H,38,39)/t24-,25-. The molecule has 0 unspecified atom stereocenters. The number of nitrogens with zero attached hydrogens (tertiary/aromatic N) is 5. The summed E-state index contributed by atoms with van der Waals surface area (Å²) in [6.07, 6.45) is 12.0. The Morgan fingerprint density at radius 1 is 0.846 bits per heavy atom. The van der Waals surface area contributed by atoms with Crippen molar-refractivity contribution in [2.75, 3.05) is 13.1 Å². The zero-order valence-corrected chi connectivity index (χ0v) is 23.1. The van der Waals surface area contributed by atoms with Crippen molar-refractivity contribution < 1.29 is 14.7 Å². The molecule has 4 rings (SSSR count). The second-order valence-corrected chi connectivity index (χ2v) is 10.3. The van der Waals surface area contributed by atoms with Crippen molar-refractivity contribution in [2.45, 2.75) is 84.1 Å². The average Bonchev–Trinajstić information content (AvgIpc) is 3.66. The molecule has 2 heterocycles. The van der Waals surface area contributed by atoms with Crippen LogP contribution in [0, 0.1) is 0 Å². The summed E-state index contributed by atoms with van der Waals surface area (Å²) in [6, 6.07) is 7.83. The molecule has 0 spiro atoms. The molecule has 0 bridgehead atoms. The fourth-order valence-corrected chi connectivity index (χ4v) is 5.60. The molecule has 2 amide bonds. The highest BCUT2D eigenvalue weighted by Crippen LogP contribution is 2.28. The Kier molecular flexibility index (Phi) is 10.1. The fourth-order valence-electron chi connectivity index (χ4n) is 5.60. The molecular formula is C29H41N7O3. The molecule has 1 aliphatic carbocycles. The Balaban J connectivity index is 1.39. The van der Waals surface area contributed by atoms with Crippen LogP contribution in [0.15, 0.2) is 49.1 Å². The molecule has 2 aromatic heterocycles. The molecule has 0 aliphatic heterocycles. The zero-order chi connectivity index (χ0) is 27.6. The van der Waals surface area contributed by atoms with Gasteiger partial charge in [0, 0.05) is 49.0 Å². The van der Waals surface area contributed by atoms with Gasteiger partial charge in [-0.15, -0.1) is 0 Å². The van der Waals surface area contributed by atoms with Crippen LogP contribution in [-0.2, 0) is 19.6 Å². The highest BCUT2D eigenvalue weighted by atomic mass is 16.4. The molecule has 0 saturated heterocycles. The summed E-state index contributed by atoms with van der Waals surface area (Å²) >= 11 is 0. The smallest absolute Gasteiger partial charge is 0.407 e. The van der Waals surface area contributed by atoms with Crippen molar-refractivity contribution >= 4 is 12.0 Å². The van der Waals surface area contributed by atoms with Crippen LogP contribution >= 0.6 is 0 Å². The first-order chi connectivity index (χ1) is 19.0. The monoisotopic (exact) mass is 535 g/mol. The first-order valence-corrected chi connectivity index (χ1v) is 14.1. The Bertz CT molecular complexity index is 1100. The van der Waals surface area contributed by atoms with E-state index in [2.05, 4.69) is 38.7 Å². The lowest BCUT2D eigenvalue weighted by molar-refractivity contribution is 0.0720. The first-order valence-electron chi connectivity index (χ1n) is 14.1. The SMILES string of the molecule is CCCN(CCC)[C@H]1CC[C@H](N(Cc2ccc(C(=O)N(Cc3ncc[nH]3)Cc3ncc[nH]3)cc2)C(=O)O)CC1. The third-order valence-corrected chi connectivity index (χ3v) is 7.52. The summed E-state index contributed by atoms with van der Waals surface area (Å²) in [5.41, 5.74) is 1.41. The molecule has 1 fully saturated rings. The van der Waals surface area contributed by atoms with E-state index in [0.29, 0.717) is 42.9 Å². The highest BCUT2D eigenvalue weighted by Gasteiger charge is 2.31. The summed E-state index contributed by atoms with van der Waals surface area (Å²) in [5.74, 6) is 1.23. The van der Waals surface area contributed by atoms with Gasteiger partial charge in [-0.25, -0.2) is 14.8 Å². The van der Waals surface area contributed by atoms with Crippen molar-refractivity contribution in [3.63, 3.8) is 0 Å². The van der Waals surface area contributed by atoms with Gasteiger partial charge >= 0.3 is 6.09 Å². The number of rotatable bonds is 13. The van der Waals surface area contributed by atoms with Crippen LogP contribution in [0.3, 0.4) is 0 Å². The molecule has 39 heavy (non-hydrogen) atoms. The van der Waals surface area contributed by atoms with Crippen molar-refractivity contribution in [3.8, 4) is 0 Å². The van der Waals surface area contributed by atoms with E-state index >= 15 is 0 Å². The van der Waals surface area contributed by atoms with Crippen molar-refractivity contribution in [3.05, 3.63) is 71.8 Å². The van der Waals surface area contributed by atoms with Crippen LogP contribution in [0.2, 0.25) is 0 Å². The van der Waals surface area contributed by atoms with Crippen LogP contribution < -0.4 is 0 Å². The van der Waals surface area contributed by atoms with Gasteiger partial charge in [-0.1, -0.05) is 26.0 Å². The number of aromatic amines is 2. The van der Waals surface area contributed by atoms with Crippen LogP contribution in [-0.4, -0.2) is 76.9 Å². The first kappa shape index (κ1) is 28.4. The number of carbonyl (C=O) groups is 2. The molecule has 10 nitrogen and oxygen atoms in total. The van der Waals surface area contributed by atoms with Gasteiger partial charge < -0.3 is 29.8 Å². The zero-order valence-electron chi connectivity index (χ0n) is 23.1. The van der Waals surface area contributed by atoms with Crippen LogP contribution in [0.25, 0.3) is 0 Å². The Morgan fingerprint density at radius 3 is 1.85 bits per heavy atom. The third-order valence-electron chi connectivity index (χ3n) is 7.52. The lowest BCUT2D eigenvalue weighted by Crippen LogP contribution is -2.46. The summed E-state index contributed by atoms with van der Waals surface area (Å²) < 4.78 is 0. The van der Waals surface area contributed by atoms with E-state index < -0.39 is 6.09 Å². The van der Waals surface area contributed by atoms with Gasteiger partial charge in [0.2, 0.25) is 0 Å². The summed E-state index contributed by atoms with van der Waals surface area (Å²) in [4.78, 5) is 46.1. The Hall–Kier alpha value is -3.66. The number of hydrogen-bond acceptors (Lipinski definition) is 5. The number of carboxylic acid groups (broad SMARTS) is 1. The van der Waals surface area contributed by atoms with Gasteiger partial charge in [0.1, 0.15) is 11.6 Å². The summed E-state index contributed by atoms with van der Waals surface area (Å²) in [5, 5.41) is 10.0. The number of amides is 2. The van der Waals surface area contributed by atoms with E-state index in [1.54, 1.807) is 46.7 Å². The molecule has 1 aliphatic rings. The van der Waals surface area contributed by atoms with E-state index in [1.165, 1.54) is 0 Å². The number of benzene rings is 1. The van der Waals surface area contributed by atoms with Gasteiger partial charge in [-0.05, 0) is 69.3 Å². The summed E-state index contributed by atoms with van der Waals surface area (Å²) in [7, 11) is 0. The lowest BCUT2D eigenvalue weighted by atomic mass is 9.88. The minimum absolute atomic E-state index is 0.0160. The number of carbonyl (C=O) groups excluding carboxylic acids is 1. The molecule has 3 aromatic rings. The molecule has 3 N–H and O–H groups in total. The van der Waals surface area contributed by atoms with E-state index in [1.807, 2.05) is 12.1 Å². The van der Waals surface area contributed by atoms with Gasteiger partial charge in [0.25, 0.3) is 5.91 Å². The van der Waals surface area contributed by atoms with Crippen LogP contribution in [0.5, 0.6) is 0 Å². The minimum Gasteiger partial charge on any atom is -0.465 e. The number of aromatic nitrogens is 4. The Morgan fingerprint density at radius 2 is 1.38 bits per heavy atom. The molecule has 10 heteroatoms. The van der Waals surface area contributed by atoms with Crippen molar-refractivity contribution in [1.29, 1.82) is 0 Å². The second-order valence-electron chi connectivity index (χ2n) is 10.3. The fraction of sp³-hybridized carbons (Fsp3) is 0.517.